The number of ether oxygens (including phenoxy) is 2. The van der Waals surface area contributed by atoms with Gasteiger partial charge < -0.3 is 24.7 Å². The van der Waals surface area contributed by atoms with Gasteiger partial charge in [0.1, 0.15) is 22.9 Å². The van der Waals surface area contributed by atoms with Crippen molar-refractivity contribution < 1.29 is 24.1 Å². The summed E-state index contributed by atoms with van der Waals surface area (Å²) in [6.45, 7) is 2.01. The van der Waals surface area contributed by atoms with Crippen molar-refractivity contribution >= 4 is 23.4 Å². The zero-order chi connectivity index (χ0) is 29.6. The van der Waals surface area contributed by atoms with Gasteiger partial charge in [0.2, 0.25) is 0 Å². The standard InChI is InChI=1S/C31H27FN6O4/c1-3-41-27-13-15-38(23-8-4-21(32)5-9-23)31(40)29(27)30(39)36-22-6-10-24(11-7-22)42-28-16-20(17-34-25(28)12-14-33)26-18-37(2)19-35-26/h4-19,33-34H,3H2,1-2H3,(H,36,39)/p+1/b25-12-,33-14?. The van der Waals surface area contributed by atoms with Crippen LogP contribution in [0.1, 0.15) is 23.0 Å². The van der Waals surface area contributed by atoms with Crippen molar-refractivity contribution in [3.63, 3.8) is 0 Å². The van der Waals surface area contributed by atoms with Crippen LogP contribution in [0, 0.1) is 5.82 Å². The lowest BCUT2D eigenvalue weighted by atomic mass is 10.1. The fourth-order valence-electron chi connectivity index (χ4n) is 4.24. The van der Waals surface area contributed by atoms with E-state index in [2.05, 4.69) is 15.6 Å². The average Bonchev–Trinajstić information content (AvgIpc) is 3.42. The van der Waals surface area contributed by atoms with E-state index in [1.54, 1.807) is 43.6 Å². The van der Waals surface area contributed by atoms with Crippen LogP contribution in [0.4, 0.5) is 10.1 Å². The number of carbonyl (C=O) groups is 1. The molecule has 0 atom stereocenters. The zero-order valence-electron chi connectivity index (χ0n) is 22.9. The maximum absolute atomic E-state index is 13.4. The number of allylic oxidation sites excluding steroid dienone is 3. The molecule has 11 heteroatoms. The first-order valence-electron chi connectivity index (χ1n) is 13.0. The molecule has 0 saturated carbocycles. The summed E-state index contributed by atoms with van der Waals surface area (Å²) >= 11 is 0. The van der Waals surface area contributed by atoms with Crippen LogP contribution < -0.4 is 31.1 Å². The fourth-order valence-corrected chi connectivity index (χ4v) is 4.24. The number of rotatable bonds is 9. The van der Waals surface area contributed by atoms with Crippen LogP contribution in [0.3, 0.4) is 0 Å². The molecule has 3 heterocycles. The first-order valence-corrected chi connectivity index (χ1v) is 13.0. The lowest BCUT2D eigenvalue weighted by Gasteiger charge is -2.18. The van der Waals surface area contributed by atoms with Gasteiger partial charge in [-0.05, 0) is 67.6 Å². The Hall–Kier alpha value is -5.71. The number of aromatic nitrogens is 3. The van der Waals surface area contributed by atoms with Crippen LogP contribution in [0.5, 0.6) is 11.5 Å². The second kappa shape index (κ2) is 12.2. The summed E-state index contributed by atoms with van der Waals surface area (Å²) in [6, 6.07) is 13.6. The first kappa shape index (κ1) is 27.8. The SMILES string of the molecule is CCOc1ccn(-c2ccc(F)cc2)c(=O)c1C(=O)Nc1ccc(OC2=CC(c3cn(C)cn3)=CN/C2=C\C=[NH2+])cc1. The predicted octanol–water partition coefficient (Wildman–Crippen LogP) is 2.98. The highest BCUT2D eigenvalue weighted by Gasteiger charge is 2.21. The number of amides is 1. The molecule has 0 fully saturated rings. The predicted molar refractivity (Wildman–Crippen MR) is 157 cm³/mol. The molecular formula is C31H28FN6O4+. The molecule has 0 radical (unpaired) electrons. The largest absolute Gasteiger partial charge is 0.493 e. The summed E-state index contributed by atoms with van der Waals surface area (Å²) in [5.74, 6) is 0.0712. The molecule has 5 rings (SSSR count). The molecule has 2 aromatic carbocycles. The number of halogens is 1. The van der Waals surface area contributed by atoms with Crippen molar-refractivity contribution in [2.45, 2.75) is 6.92 Å². The molecule has 1 aliphatic heterocycles. The van der Waals surface area contributed by atoms with E-state index in [4.69, 9.17) is 14.9 Å². The van der Waals surface area contributed by atoms with Crippen molar-refractivity contribution in [3.05, 3.63) is 131 Å². The number of aryl methyl sites for hydroxylation is 1. The molecule has 1 aliphatic rings. The minimum absolute atomic E-state index is 0.142. The van der Waals surface area contributed by atoms with Crippen molar-refractivity contribution in [2.24, 2.45) is 7.05 Å². The van der Waals surface area contributed by atoms with Crippen LogP contribution in [0.15, 0.2) is 108 Å². The molecule has 10 nitrogen and oxygen atoms in total. The second-order valence-corrected chi connectivity index (χ2v) is 9.17. The summed E-state index contributed by atoms with van der Waals surface area (Å²) in [4.78, 5) is 31.0. The number of pyridine rings is 1. The minimum Gasteiger partial charge on any atom is -0.493 e. The molecule has 0 spiro atoms. The molecule has 0 aliphatic carbocycles. The van der Waals surface area contributed by atoms with Gasteiger partial charge >= 0.3 is 0 Å². The van der Waals surface area contributed by atoms with Gasteiger partial charge in [-0.25, -0.2) is 9.37 Å². The Balaban J connectivity index is 1.37. The number of hydrogen-bond donors (Lipinski definition) is 3. The van der Waals surface area contributed by atoms with E-state index in [9.17, 15) is 14.0 Å². The third-order valence-electron chi connectivity index (χ3n) is 6.22. The third kappa shape index (κ3) is 6.04. The minimum atomic E-state index is -0.651. The maximum Gasteiger partial charge on any atom is 0.271 e. The van der Waals surface area contributed by atoms with E-state index in [1.807, 2.05) is 30.1 Å². The smallest absolute Gasteiger partial charge is 0.271 e. The molecule has 4 N–H and O–H groups in total. The highest BCUT2D eigenvalue weighted by molar-refractivity contribution is 6.06. The monoisotopic (exact) mass is 567 g/mol. The number of nitrogens with zero attached hydrogens (tertiary/aromatic N) is 3. The Morgan fingerprint density at radius 2 is 1.90 bits per heavy atom. The maximum atomic E-state index is 13.4. The van der Waals surface area contributed by atoms with Crippen LogP contribution in [0.2, 0.25) is 0 Å². The summed E-state index contributed by atoms with van der Waals surface area (Å²) in [7, 11) is 1.89. The molecule has 212 valence electrons. The van der Waals surface area contributed by atoms with E-state index in [0.29, 0.717) is 28.6 Å². The fraction of sp³-hybridized carbons (Fsp3) is 0.0968. The van der Waals surface area contributed by atoms with Crippen LogP contribution in [-0.4, -0.2) is 32.8 Å². The number of dihydropyridines is 1. The normalized spacial score (nSPS) is 13.5. The van der Waals surface area contributed by atoms with Crippen molar-refractivity contribution in [3.8, 4) is 17.2 Å². The molecule has 42 heavy (non-hydrogen) atoms. The topological polar surface area (TPSA) is 125 Å². The van der Waals surface area contributed by atoms with Gasteiger partial charge in [0.15, 0.2) is 12.0 Å². The highest BCUT2D eigenvalue weighted by atomic mass is 19.1. The second-order valence-electron chi connectivity index (χ2n) is 9.17. The Morgan fingerprint density at radius 3 is 2.57 bits per heavy atom. The zero-order valence-corrected chi connectivity index (χ0v) is 22.9. The Labute approximate surface area is 240 Å². The van der Waals surface area contributed by atoms with Crippen molar-refractivity contribution in [1.29, 1.82) is 0 Å². The molecule has 0 unspecified atom stereocenters. The summed E-state index contributed by atoms with van der Waals surface area (Å²) in [5, 5.41) is 11.5. The van der Waals surface area contributed by atoms with E-state index < -0.39 is 17.3 Å². The lowest BCUT2D eigenvalue weighted by Crippen LogP contribution is -2.29. The molecule has 2 aromatic heterocycles. The van der Waals surface area contributed by atoms with E-state index in [-0.39, 0.29) is 17.9 Å². The van der Waals surface area contributed by atoms with Crippen LogP contribution in [-0.2, 0) is 7.05 Å². The molecule has 0 saturated heterocycles. The van der Waals surface area contributed by atoms with Crippen molar-refractivity contribution in [1.82, 2.24) is 19.4 Å². The van der Waals surface area contributed by atoms with Gasteiger partial charge in [-0.1, -0.05) is 0 Å². The van der Waals surface area contributed by atoms with Gasteiger partial charge in [-0.2, -0.15) is 0 Å². The third-order valence-corrected chi connectivity index (χ3v) is 6.22. The quantitative estimate of drug-likeness (QED) is 0.267. The summed E-state index contributed by atoms with van der Waals surface area (Å²) in [6.07, 6.45) is 11.8. The Kier molecular flexibility index (Phi) is 8.10. The van der Waals surface area contributed by atoms with Crippen LogP contribution in [0.25, 0.3) is 11.3 Å². The van der Waals surface area contributed by atoms with E-state index >= 15 is 0 Å². The van der Waals surface area contributed by atoms with Gasteiger partial charge in [0, 0.05) is 48.7 Å². The molecule has 4 aromatic rings. The number of benzene rings is 2. The number of carbonyl (C=O) groups excluding carboxylic acids is 1. The number of imidazole rings is 1. The molecule has 1 amide bonds. The molecular weight excluding hydrogens is 539 g/mol. The van der Waals surface area contributed by atoms with Gasteiger partial charge in [0.05, 0.1) is 24.3 Å². The van der Waals surface area contributed by atoms with Gasteiger partial charge in [0.25, 0.3) is 11.5 Å². The average molecular weight is 568 g/mol. The van der Waals surface area contributed by atoms with Gasteiger partial charge in [-0.15, -0.1) is 0 Å². The van der Waals surface area contributed by atoms with Crippen molar-refractivity contribution in [2.75, 3.05) is 11.9 Å². The number of anilines is 1. The summed E-state index contributed by atoms with van der Waals surface area (Å²) in [5.41, 5.74) is 2.31. The Bertz CT molecular complexity index is 1780. The Morgan fingerprint density at radius 1 is 1.14 bits per heavy atom. The first-order chi connectivity index (χ1) is 20.4. The van der Waals surface area contributed by atoms with E-state index in [1.165, 1.54) is 47.3 Å². The summed E-state index contributed by atoms with van der Waals surface area (Å²) < 4.78 is 28.2. The van der Waals surface area contributed by atoms with E-state index in [0.717, 1.165) is 11.3 Å². The van der Waals surface area contributed by atoms with Gasteiger partial charge in [-0.3, -0.25) is 19.6 Å². The molecule has 0 bridgehead atoms. The number of nitrogens with two attached hydrogens (primary N) is 1. The number of nitrogens with one attached hydrogen (secondary N) is 2. The lowest BCUT2D eigenvalue weighted by molar-refractivity contribution is -0.104. The highest BCUT2D eigenvalue weighted by Crippen LogP contribution is 2.27. The van der Waals surface area contributed by atoms with Crippen LogP contribution >= 0.6 is 0 Å². The number of hydrogen-bond acceptors (Lipinski definition) is 6.